The van der Waals surface area contributed by atoms with Crippen molar-refractivity contribution in [1.82, 2.24) is 9.21 Å². The summed E-state index contributed by atoms with van der Waals surface area (Å²) in [5, 5.41) is 0. The van der Waals surface area contributed by atoms with E-state index in [2.05, 4.69) is 36.0 Å². The first kappa shape index (κ1) is 13.3. The molecule has 2 nitrogen and oxygen atoms in total. The highest BCUT2D eigenvalue weighted by Gasteiger charge is 2.35. The van der Waals surface area contributed by atoms with E-state index >= 15 is 0 Å². The lowest BCUT2D eigenvalue weighted by molar-refractivity contribution is 0.178. The van der Waals surface area contributed by atoms with Gasteiger partial charge in [0.05, 0.1) is 0 Å². The Morgan fingerprint density at radius 2 is 1.80 bits per heavy atom. The summed E-state index contributed by atoms with van der Waals surface area (Å²) in [4.78, 5) is 2.46. The van der Waals surface area contributed by atoms with Gasteiger partial charge in [-0.1, -0.05) is 40.0 Å². The van der Waals surface area contributed by atoms with Crippen molar-refractivity contribution < 1.29 is 0 Å². The lowest BCUT2D eigenvalue weighted by Crippen LogP contribution is -2.43. The van der Waals surface area contributed by atoms with E-state index in [0.717, 1.165) is 5.92 Å². The van der Waals surface area contributed by atoms with E-state index in [0.29, 0.717) is 12.1 Å². The van der Waals surface area contributed by atoms with Crippen LogP contribution in [0.3, 0.4) is 0 Å². The summed E-state index contributed by atoms with van der Waals surface area (Å²) in [6.45, 7) is 8.79. The van der Waals surface area contributed by atoms with Crippen molar-refractivity contribution in [2.75, 3.05) is 20.1 Å². The number of rotatable bonds is 0. The van der Waals surface area contributed by atoms with Crippen LogP contribution in [0.25, 0.3) is 0 Å². The Hall–Kier alpha value is 0.270. The number of likely N-dealkylation sites (N-methyl/N-ethyl adjacent to an activating group) is 1. The molecule has 0 amide bonds. The van der Waals surface area contributed by atoms with E-state index < -0.39 is 0 Å². The monoisotopic (exact) mass is 230 g/mol. The quantitative estimate of drug-likeness (QED) is 0.639. The molecule has 0 aromatic heterocycles. The van der Waals surface area contributed by atoms with Crippen LogP contribution in [0.2, 0.25) is 0 Å². The highest BCUT2D eigenvalue weighted by atomic mass is 32.1. The van der Waals surface area contributed by atoms with Gasteiger partial charge < -0.3 is 4.90 Å². The molecule has 0 aromatic rings. The molecule has 2 aliphatic heterocycles. The Kier molecular flexibility index (Phi) is 5.44. The fourth-order valence-electron chi connectivity index (χ4n) is 2.87. The fourth-order valence-corrected chi connectivity index (χ4v) is 3.40. The first-order valence-corrected chi connectivity index (χ1v) is 6.74. The molecule has 2 heterocycles. The molecule has 15 heavy (non-hydrogen) atoms. The molecule has 2 saturated heterocycles. The summed E-state index contributed by atoms with van der Waals surface area (Å²) < 4.78 is 2.33. The molecule has 3 heteroatoms. The maximum atomic E-state index is 4.66. The van der Waals surface area contributed by atoms with Gasteiger partial charge in [-0.05, 0) is 25.8 Å². The smallest absolute Gasteiger partial charge is 0.0330 e. The van der Waals surface area contributed by atoms with E-state index in [-0.39, 0.29) is 0 Å². The Balaban J connectivity index is 0.000000531. The van der Waals surface area contributed by atoms with E-state index in [1.54, 1.807) is 0 Å². The molecule has 0 aliphatic carbocycles. The molecule has 3 atom stereocenters. The average molecular weight is 230 g/mol. The zero-order valence-electron chi connectivity index (χ0n) is 10.6. The molecule has 0 aromatic carbocycles. The normalized spacial score (nSPS) is 37.8. The van der Waals surface area contributed by atoms with E-state index in [1.165, 1.54) is 32.4 Å². The van der Waals surface area contributed by atoms with Gasteiger partial charge in [-0.25, -0.2) is 4.31 Å². The second-order valence-corrected chi connectivity index (χ2v) is 5.19. The van der Waals surface area contributed by atoms with Gasteiger partial charge in [0.1, 0.15) is 0 Å². The van der Waals surface area contributed by atoms with Gasteiger partial charge in [-0.2, -0.15) is 0 Å². The van der Waals surface area contributed by atoms with Crippen molar-refractivity contribution in [3.8, 4) is 0 Å². The molecule has 3 unspecified atom stereocenters. The molecular formula is C12H26N2S. The van der Waals surface area contributed by atoms with Crippen LogP contribution in [-0.4, -0.2) is 41.4 Å². The van der Waals surface area contributed by atoms with E-state index in [1.807, 2.05) is 13.8 Å². The molecule has 0 saturated carbocycles. The van der Waals surface area contributed by atoms with E-state index in [9.17, 15) is 0 Å². The van der Waals surface area contributed by atoms with Crippen molar-refractivity contribution >= 4 is 12.8 Å². The maximum Gasteiger partial charge on any atom is 0.0330 e. The zero-order valence-corrected chi connectivity index (χ0v) is 11.5. The SMILES string of the molecule is CC.CC1CN(C)CC2CCCC1N2S. The third-order valence-electron chi connectivity index (χ3n) is 3.53. The van der Waals surface area contributed by atoms with Crippen LogP contribution in [0.1, 0.15) is 40.0 Å². The molecule has 2 rings (SSSR count). The predicted molar refractivity (Wildman–Crippen MR) is 70.3 cm³/mol. The highest BCUT2D eigenvalue weighted by molar-refractivity contribution is 7.77. The van der Waals surface area contributed by atoms with Gasteiger partial charge in [0, 0.05) is 25.2 Å². The van der Waals surface area contributed by atoms with Crippen LogP contribution < -0.4 is 0 Å². The largest absolute Gasteiger partial charge is 0.304 e. The number of thiol groups is 1. The van der Waals surface area contributed by atoms with Gasteiger partial charge in [-0.3, -0.25) is 0 Å². The van der Waals surface area contributed by atoms with Crippen molar-refractivity contribution in [3.05, 3.63) is 0 Å². The molecule has 0 N–H and O–H groups in total. The Bertz CT molecular complexity index is 186. The molecule has 2 bridgehead atoms. The van der Waals surface area contributed by atoms with Crippen LogP contribution in [0.15, 0.2) is 0 Å². The number of piperidine rings is 1. The first-order chi connectivity index (χ1) is 7.18. The number of hydrogen-bond acceptors (Lipinski definition) is 3. The molecule has 90 valence electrons. The second kappa shape index (κ2) is 6.12. The molecule has 0 spiro atoms. The van der Waals surface area contributed by atoms with E-state index in [4.69, 9.17) is 0 Å². The third kappa shape index (κ3) is 3.11. The highest BCUT2D eigenvalue weighted by Crippen LogP contribution is 2.32. The van der Waals surface area contributed by atoms with Crippen molar-refractivity contribution in [1.29, 1.82) is 0 Å². The second-order valence-electron chi connectivity index (χ2n) is 4.73. The van der Waals surface area contributed by atoms with Crippen LogP contribution in [-0.2, 0) is 0 Å². The summed E-state index contributed by atoms with van der Waals surface area (Å²) >= 11 is 4.66. The lowest BCUT2D eigenvalue weighted by Gasteiger charge is -2.38. The Labute approximate surface area is 101 Å². The first-order valence-electron chi connectivity index (χ1n) is 6.34. The standard InChI is InChI=1S/C10H20N2S.C2H6/c1-8-6-11(2)7-9-4-3-5-10(8)12(9)13;1-2/h8-10,13H,3-7H2,1-2H3;1-2H3. The van der Waals surface area contributed by atoms with Gasteiger partial charge in [0.2, 0.25) is 0 Å². The Morgan fingerprint density at radius 1 is 1.13 bits per heavy atom. The summed E-state index contributed by atoms with van der Waals surface area (Å²) in [6.07, 6.45) is 4.07. The molecule has 2 fully saturated rings. The number of fused-ring (bicyclic) bond motifs is 2. The molecule has 2 aliphatic rings. The summed E-state index contributed by atoms with van der Waals surface area (Å²) in [7, 11) is 2.23. The molecular weight excluding hydrogens is 204 g/mol. The van der Waals surface area contributed by atoms with Gasteiger partial charge in [0.25, 0.3) is 0 Å². The van der Waals surface area contributed by atoms with Gasteiger partial charge in [0.15, 0.2) is 0 Å². The Morgan fingerprint density at radius 3 is 2.47 bits per heavy atom. The fraction of sp³-hybridized carbons (Fsp3) is 1.00. The van der Waals surface area contributed by atoms with Crippen LogP contribution in [0, 0.1) is 5.92 Å². The number of hydrogen-bond donors (Lipinski definition) is 1. The number of nitrogens with zero attached hydrogens (tertiary/aromatic N) is 2. The van der Waals surface area contributed by atoms with Crippen molar-refractivity contribution in [2.24, 2.45) is 5.92 Å². The van der Waals surface area contributed by atoms with Gasteiger partial charge in [-0.15, -0.1) is 0 Å². The third-order valence-corrected chi connectivity index (χ3v) is 4.15. The predicted octanol–water partition coefficient (Wildman–Crippen LogP) is 2.66. The van der Waals surface area contributed by atoms with Crippen LogP contribution in [0.5, 0.6) is 0 Å². The van der Waals surface area contributed by atoms with Gasteiger partial charge >= 0.3 is 0 Å². The minimum absolute atomic E-state index is 0.692. The maximum absolute atomic E-state index is 4.66. The van der Waals surface area contributed by atoms with Crippen molar-refractivity contribution in [3.63, 3.8) is 0 Å². The minimum Gasteiger partial charge on any atom is -0.304 e. The summed E-state index contributed by atoms with van der Waals surface area (Å²) in [5.41, 5.74) is 0. The topological polar surface area (TPSA) is 6.48 Å². The average Bonchev–Trinajstić information content (AvgIpc) is 2.29. The van der Waals surface area contributed by atoms with Crippen LogP contribution in [0.4, 0.5) is 0 Å². The minimum atomic E-state index is 0.692. The summed E-state index contributed by atoms with van der Waals surface area (Å²) in [5.74, 6) is 0.771. The molecule has 0 radical (unpaired) electrons. The lowest BCUT2D eigenvalue weighted by atomic mass is 9.92. The van der Waals surface area contributed by atoms with Crippen LogP contribution >= 0.6 is 12.8 Å². The summed E-state index contributed by atoms with van der Waals surface area (Å²) in [6, 6.07) is 1.41. The zero-order chi connectivity index (χ0) is 11.4. The van der Waals surface area contributed by atoms with Crippen molar-refractivity contribution in [2.45, 2.75) is 52.1 Å².